The van der Waals surface area contributed by atoms with Crippen molar-refractivity contribution in [1.29, 1.82) is 0 Å². The molecular formula is C16H20N4O2. The highest BCUT2D eigenvalue weighted by atomic mass is 16.3. The van der Waals surface area contributed by atoms with Crippen molar-refractivity contribution in [3.05, 3.63) is 41.7 Å². The molecule has 1 saturated carbocycles. The molecule has 1 aliphatic carbocycles. The lowest BCUT2D eigenvalue weighted by Crippen LogP contribution is -2.34. The summed E-state index contributed by atoms with van der Waals surface area (Å²) >= 11 is 0. The quantitative estimate of drug-likeness (QED) is 0.908. The Balaban J connectivity index is 1.70. The van der Waals surface area contributed by atoms with Gasteiger partial charge in [-0.25, -0.2) is 4.68 Å². The first-order valence-corrected chi connectivity index (χ1v) is 7.56. The summed E-state index contributed by atoms with van der Waals surface area (Å²) in [4.78, 5) is 12.2. The summed E-state index contributed by atoms with van der Waals surface area (Å²) in [7, 11) is 0. The molecule has 1 heterocycles. The van der Waals surface area contributed by atoms with Crippen LogP contribution in [0.2, 0.25) is 0 Å². The van der Waals surface area contributed by atoms with Crippen molar-refractivity contribution in [2.75, 3.05) is 5.32 Å². The minimum absolute atomic E-state index is 0.0571. The number of aliphatic hydroxyl groups excluding tert-OH is 1. The molecule has 22 heavy (non-hydrogen) atoms. The van der Waals surface area contributed by atoms with Gasteiger partial charge in [0.1, 0.15) is 0 Å². The first-order chi connectivity index (χ1) is 10.5. The number of rotatable bonds is 4. The maximum atomic E-state index is 12.2. The minimum atomic E-state index is -0.389. The first kappa shape index (κ1) is 14.7. The third-order valence-corrected chi connectivity index (χ3v) is 4.10. The zero-order valence-corrected chi connectivity index (χ0v) is 12.7. The molecule has 1 amide bonds. The molecule has 0 aliphatic heterocycles. The number of amides is 1. The lowest BCUT2D eigenvalue weighted by molar-refractivity contribution is 0.0244. The van der Waals surface area contributed by atoms with Crippen LogP contribution in [-0.2, 0) is 0 Å². The standard InChI is InChI=1S/C16H20N4O2/c1-10(2)11-4-3-5-12(8-11)17-16(22)13-9-20(19-18-13)14-6-7-15(14)21/h3-5,8-10,14-15,21H,6-7H2,1-2H3,(H,17,22)/t14-,15-/m1/s1. The second-order valence-electron chi connectivity index (χ2n) is 6.03. The summed E-state index contributed by atoms with van der Waals surface area (Å²) in [6.45, 7) is 4.22. The Kier molecular flexibility index (Phi) is 3.94. The molecule has 2 N–H and O–H groups in total. The van der Waals surface area contributed by atoms with E-state index in [1.807, 2.05) is 24.3 Å². The van der Waals surface area contributed by atoms with E-state index in [1.165, 1.54) is 5.56 Å². The summed E-state index contributed by atoms with van der Waals surface area (Å²) < 4.78 is 1.58. The van der Waals surface area contributed by atoms with Crippen LogP contribution >= 0.6 is 0 Å². The normalized spacial score (nSPS) is 20.7. The largest absolute Gasteiger partial charge is 0.391 e. The van der Waals surface area contributed by atoms with E-state index in [0.29, 0.717) is 5.92 Å². The predicted molar refractivity (Wildman–Crippen MR) is 82.8 cm³/mol. The number of carbonyl (C=O) groups excluding carboxylic acids is 1. The molecule has 0 radical (unpaired) electrons. The van der Waals surface area contributed by atoms with Gasteiger partial charge in [0, 0.05) is 5.69 Å². The molecule has 1 aliphatic rings. The van der Waals surface area contributed by atoms with E-state index in [0.717, 1.165) is 18.5 Å². The van der Waals surface area contributed by atoms with Crippen LogP contribution in [0.5, 0.6) is 0 Å². The molecule has 1 fully saturated rings. The van der Waals surface area contributed by atoms with Crippen LogP contribution in [0, 0.1) is 0 Å². The number of benzene rings is 1. The summed E-state index contributed by atoms with van der Waals surface area (Å²) in [5.41, 5.74) is 2.17. The molecule has 2 aromatic rings. The van der Waals surface area contributed by atoms with Gasteiger partial charge in [-0.3, -0.25) is 4.79 Å². The molecule has 0 spiro atoms. The van der Waals surface area contributed by atoms with Crippen LogP contribution in [0.15, 0.2) is 30.5 Å². The van der Waals surface area contributed by atoms with Gasteiger partial charge in [0.05, 0.1) is 18.3 Å². The second-order valence-corrected chi connectivity index (χ2v) is 6.03. The first-order valence-electron chi connectivity index (χ1n) is 7.56. The van der Waals surface area contributed by atoms with E-state index in [4.69, 9.17) is 0 Å². The van der Waals surface area contributed by atoms with Crippen molar-refractivity contribution >= 4 is 11.6 Å². The summed E-state index contributed by atoms with van der Waals surface area (Å²) in [5.74, 6) is 0.110. The summed E-state index contributed by atoms with van der Waals surface area (Å²) in [6.07, 6.45) is 2.84. The van der Waals surface area contributed by atoms with Gasteiger partial charge in [0.2, 0.25) is 0 Å². The highest BCUT2D eigenvalue weighted by Crippen LogP contribution is 2.31. The second kappa shape index (κ2) is 5.88. The van der Waals surface area contributed by atoms with Gasteiger partial charge in [-0.1, -0.05) is 31.2 Å². The van der Waals surface area contributed by atoms with Crippen molar-refractivity contribution in [2.24, 2.45) is 0 Å². The Labute approximate surface area is 129 Å². The molecule has 6 nitrogen and oxygen atoms in total. The molecule has 3 rings (SSSR count). The fourth-order valence-electron chi connectivity index (χ4n) is 2.49. The van der Waals surface area contributed by atoms with Gasteiger partial charge in [-0.2, -0.15) is 0 Å². The average Bonchev–Trinajstić information content (AvgIpc) is 2.95. The molecule has 0 saturated heterocycles. The Morgan fingerprint density at radius 2 is 2.23 bits per heavy atom. The monoisotopic (exact) mass is 300 g/mol. The van der Waals surface area contributed by atoms with Gasteiger partial charge < -0.3 is 10.4 Å². The van der Waals surface area contributed by atoms with Gasteiger partial charge in [0.15, 0.2) is 5.69 Å². The lowest BCUT2D eigenvalue weighted by Gasteiger charge is -2.31. The highest BCUT2D eigenvalue weighted by Gasteiger charge is 2.31. The van der Waals surface area contributed by atoms with E-state index in [-0.39, 0.29) is 23.7 Å². The minimum Gasteiger partial charge on any atom is -0.391 e. The lowest BCUT2D eigenvalue weighted by atomic mass is 9.89. The fourth-order valence-corrected chi connectivity index (χ4v) is 2.49. The fraction of sp³-hybridized carbons (Fsp3) is 0.438. The summed E-state index contributed by atoms with van der Waals surface area (Å²) in [6, 6.07) is 7.71. The third kappa shape index (κ3) is 2.87. The van der Waals surface area contributed by atoms with E-state index in [9.17, 15) is 9.90 Å². The number of nitrogens with zero attached hydrogens (tertiary/aromatic N) is 3. The molecule has 1 aromatic carbocycles. The van der Waals surface area contributed by atoms with Crippen LogP contribution < -0.4 is 5.32 Å². The number of carbonyl (C=O) groups is 1. The zero-order valence-electron chi connectivity index (χ0n) is 12.7. The van der Waals surface area contributed by atoms with E-state index in [1.54, 1.807) is 10.9 Å². The molecule has 0 unspecified atom stereocenters. The molecule has 6 heteroatoms. The highest BCUT2D eigenvalue weighted by molar-refractivity contribution is 6.02. The van der Waals surface area contributed by atoms with E-state index in [2.05, 4.69) is 29.5 Å². The average molecular weight is 300 g/mol. The van der Waals surface area contributed by atoms with Gasteiger partial charge in [-0.05, 0) is 36.5 Å². The maximum absolute atomic E-state index is 12.2. The smallest absolute Gasteiger partial charge is 0.277 e. The van der Waals surface area contributed by atoms with Crippen LogP contribution in [0.1, 0.15) is 54.7 Å². The van der Waals surface area contributed by atoms with E-state index >= 15 is 0 Å². The van der Waals surface area contributed by atoms with Crippen LogP contribution in [0.4, 0.5) is 5.69 Å². The molecular weight excluding hydrogens is 280 g/mol. The summed E-state index contributed by atoms with van der Waals surface area (Å²) in [5, 5.41) is 20.3. The third-order valence-electron chi connectivity index (χ3n) is 4.10. The van der Waals surface area contributed by atoms with Crippen LogP contribution in [-0.4, -0.2) is 32.1 Å². The Hall–Kier alpha value is -2.21. The van der Waals surface area contributed by atoms with Gasteiger partial charge >= 0.3 is 0 Å². The number of anilines is 1. The SMILES string of the molecule is CC(C)c1cccc(NC(=O)c2cn([C@@H]3CC[C@H]3O)nn2)c1. The molecule has 116 valence electrons. The maximum Gasteiger partial charge on any atom is 0.277 e. The van der Waals surface area contributed by atoms with Crippen LogP contribution in [0.25, 0.3) is 0 Å². The molecule has 2 atom stereocenters. The van der Waals surface area contributed by atoms with Crippen molar-refractivity contribution in [3.8, 4) is 0 Å². The predicted octanol–water partition coefficient (Wildman–Crippen LogP) is 2.35. The van der Waals surface area contributed by atoms with Crippen molar-refractivity contribution < 1.29 is 9.90 Å². The number of aromatic nitrogens is 3. The van der Waals surface area contributed by atoms with Gasteiger partial charge in [-0.15, -0.1) is 5.10 Å². The number of hydrogen-bond donors (Lipinski definition) is 2. The number of aliphatic hydroxyl groups is 1. The van der Waals surface area contributed by atoms with Crippen molar-refractivity contribution in [2.45, 2.75) is 44.8 Å². The molecule has 0 bridgehead atoms. The van der Waals surface area contributed by atoms with E-state index < -0.39 is 0 Å². The Morgan fingerprint density at radius 1 is 1.41 bits per heavy atom. The number of hydrogen-bond acceptors (Lipinski definition) is 4. The van der Waals surface area contributed by atoms with Crippen LogP contribution in [0.3, 0.4) is 0 Å². The topological polar surface area (TPSA) is 80.0 Å². The number of nitrogens with one attached hydrogen (secondary N) is 1. The molecule has 1 aromatic heterocycles. The Morgan fingerprint density at radius 3 is 2.86 bits per heavy atom. The van der Waals surface area contributed by atoms with Crippen molar-refractivity contribution in [1.82, 2.24) is 15.0 Å². The van der Waals surface area contributed by atoms with Crippen molar-refractivity contribution in [3.63, 3.8) is 0 Å². The Bertz CT molecular complexity index is 680. The zero-order chi connectivity index (χ0) is 15.7. The van der Waals surface area contributed by atoms with Gasteiger partial charge in [0.25, 0.3) is 5.91 Å².